The van der Waals surface area contributed by atoms with E-state index in [0.717, 1.165) is 6.08 Å². The Labute approximate surface area is 149 Å². The lowest BCUT2D eigenvalue weighted by atomic mass is 10.2. The Morgan fingerprint density at radius 1 is 1.15 bits per heavy atom. The van der Waals surface area contributed by atoms with E-state index >= 15 is 0 Å². The van der Waals surface area contributed by atoms with Gasteiger partial charge in [-0.1, -0.05) is 18.2 Å². The summed E-state index contributed by atoms with van der Waals surface area (Å²) >= 11 is 0. The molecule has 0 unspecified atom stereocenters. The van der Waals surface area contributed by atoms with Crippen LogP contribution in [-0.2, 0) is 24.3 Å². The van der Waals surface area contributed by atoms with Crippen LogP contribution in [0.25, 0.3) is 6.08 Å². The molecule has 136 valence electrons. The molecule has 0 aliphatic rings. The van der Waals surface area contributed by atoms with Gasteiger partial charge in [-0.05, 0) is 42.0 Å². The van der Waals surface area contributed by atoms with Gasteiger partial charge in [-0.25, -0.2) is 22.7 Å². The highest BCUT2D eigenvalue weighted by atomic mass is 32.2. The number of sulfonamides is 1. The summed E-state index contributed by atoms with van der Waals surface area (Å²) in [4.78, 5) is 23.2. The van der Waals surface area contributed by atoms with Crippen LogP contribution in [0.1, 0.15) is 5.56 Å². The zero-order chi connectivity index (χ0) is 19.2. The monoisotopic (exact) mass is 378 g/mol. The van der Waals surface area contributed by atoms with Gasteiger partial charge in [-0.2, -0.15) is 0 Å². The van der Waals surface area contributed by atoms with Crippen molar-refractivity contribution in [2.24, 2.45) is 5.14 Å². The fourth-order valence-corrected chi connectivity index (χ4v) is 2.43. The van der Waals surface area contributed by atoms with Crippen molar-refractivity contribution in [3.63, 3.8) is 0 Å². The molecular formula is C17H15FN2O5S. The van der Waals surface area contributed by atoms with Crippen molar-refractivity contribution in [1.29, 1.82) is 0 Å². The third kappa shape index (κ3) is 6.11. The van der Waals surface area contributed by atoms with Crippen molar-refractivity contribution in [2.75, 3.05) is 11.9 Å². The Morgan fingerprint density at radius 2 is 1.85 bits per heavy atom. The van der Waals surface area contributed by atoms with E-state index in [1.165, 1.54) is 54.6 Å². The first-order valence-corrected chi connectivity index (χ1v) is 8.82. The molecule has 3 N–H and O–H groups in total. The third-order valence-corrected chi connectivity index (χ3v) is 3.98. The van der Waals surface area contributed by atoms with E-state index in [9.17, 15) is 22.4 Å². The van der Waals surface area contributed by atoms with Crippen LogP contribution in [0.15, 0.2) is 59.5 Å². The minimum absolute atomic E-state index is 0.158. The number of ether oxygens (including phenoxy) is 1. The number of esters is 1. The first-order valence-electron chi connectivity index (χ1n) is 7.27. The van der Waals surface area contributed by atoms with E-state index in [-0.39, 0.29) is 10.6 Å². The maximum absolute atomic E-state index is 12.8. The number of carbonyl (C=O) groups is 2. The molecule has 0 aliphatic heterocycles. The number of primary sulfonamides is 1. The lowest BCUT2D eigenvalue weighted by molar-refractivity contribution is -0.142. The van der Waals surface area contributed by atoms with E-state index in [1.54, 1.807) is 0 Å². The Bertz CT molecular complexity index is 940. The lowest BCUT2D eigenvalue weighted by Gasteiger charge is -2.06. The number of halogens is 1. The Hall–Kier alpha value is -3.04. The van der Waals surface area contributed by atoms with Crippen LogP contribution in [-0.4, -0.2) is 26.9 Å². The summed E-state index contributed by atoms with van der Waals surface area (Å²) in [6, 6.07) is 10.8. The molecule has 0 aromatic heterocycles. The van der Waals surface area contributed by atoms with Crippen LogP contribution < -0.4 is 10.5 Å². The molecule has 7 nitrogen and oxygen atoms in total. The number of nitrogens with two attached hydrogens (primary N) is 1. The molecule has 0 fully saturated rings. The van der Waals surface area contributed by atoms with E-state index in [1.807, 2.05) is 0 Å². The number of amides is 1. The highest BCUT2D eigenvalue weighted by Crippen LogP contribution is 2.14. The molecule has 0 saturated heterocycles. The molecule has 0 bridgehead atoms. The zero-order valence-corrected chi connectivity index (χ0v) is 14.2. The smallest absolute Gasteiger partial charge is 0.331 e. The van der Waals surface area contributed by atoms with Crippen LogP contribution in [0, 0.1) is 5.82 Å². The molecule has 0 saturated carbocycles. The van der Waals surface area contributed by atoms with Gasteiger partial charge in [-0.3, -0.25) is 4.79 Å². The van der Waals surface area contributed by atoms with E-state index in [2.05, 4.69) is 5.32 Å². The van der Waals surface area contributed by atoms with Crippen molar-refractivity contribution in [3.8, 4) is 0 Å². The van der Waals surface area contributed by atoms with Crippen LogP contribution in [0.3, 0.4) is 0 Å². The topological polar surface area (TPSA) is 116 Å². The van der Waals surface area contributed by atoms with Gasteiger partial charge < -0.3 is 10.1 Å². The quantitative estimate of drug-likeness (QED) is 0.586. The summed E-state index contributed by atoms with van der Waals surface area (Å²) in [5.41, 5.74) is 0.784. The molecule has 0 radical (unpaired) electrons. The summed E-state index contributed by atoms with van der Waals surface area (Å²) in [7, 11) is -3.89. The second kappa shape index (κ2) is 8.37. The highest BCUT2D eigenvalue weighted by molar-refractivity contribution is 7.89. The molecular weight excluding hydrogens is 363 g/mol. The number of benzene rings is 2. The molecule has 1 amide bonds. The highest BCUT2D eigenvalue weighted by Gasteiger charge is 2.10. The predicted octanol–water partition coefficient (Wildman–Crippen LogP) is 1.67. The van der Waals surface area contributed by atoms with Crippen LogP contribution in [0.5, 0.6) is 0 Å². The number of anilines is 1. The summed E-state index contributed by atoms with van der Waals surface area (Å²) in [5.74, 6) is -1.81. The molecule has 2 rings (SSSR count). The molecule has 2 aromatic carbocycles. The van der Waals surface area contributed by atoms with E-state index < -0.39 is 34.3 Å². The van der Waals surface area contributed by atoms with Gasteiger partial charge in [-0.15, -0.1) is 0 Å². The largest absolute Gasteiger partial charge is 0.452 e. The average Bonchev–Trinajstić information content (AvgIpc) is 2.59. The number of hydrogen-bond acceptors (Lipinski definition) is 5. The summed E-state index contributed by atoms with van der Waals surface area (Å²) < 4.78 is 40.0. The molecule has 0 atom stereocenters. The minimum atomic E-state index is -3.89. The van der Waals surface area contributed by atoms with Crippen molar-refractivity contribution in [3.05, 3.63) is 66.0 Å². The molecule has 0 aliphatic carbocycles. The van der Waals surface area contributed by atoms with Gasteiger partial charge in [0.15, 0.2) is 6.61 Å². The van der Waals surface area contributed by atoms with Crippen molar-refractivity contribution in [1.82, 2.24) is 0 Å². The van der Waals surface area contributed by atoms with Gasteiger partial charge in [0.25, 0.3) is 5.91 Å². The lowest BCUT2D eigenvalue weighted by Crippen LogP contribution is -2.20. The maximum atomic E-state index is 12.8. The van der Waals surface area contributed by atoms with Gasteiger partial charge in [0.2, 0.25) is 10.0 Å². The Morgan fingerprint density at radius 3 is 2.50 bits per heavy atom. The van der Waals surface area contributed by atoms with Gasteiger partial charge in [0.05, 0.1) is 4.90 Å². The average molecular weight is 378 g/mol. The normalized spacial score (nSPS) is 11.3. The van der Waals surface area contributed by atoms with E-state index in [4.69, 9.17) is 9.88 Å². The number of carbonyl (C=O) groups excluding carboxylic acids is 2. The van der Waals surface area contributed by atoms with Crippen LogP contribution in [0.4, 0.5) is 10.1 Å². The summed E-state index contributed by atoms with van der Waals surface area (Å²) in [6.07, 6.45) is 2.51. The number of rotatable bonds is 6. The second-order valence-corrected chi connectivity index (χ2v) is 6.68. The summed E-state index contributed by atoms with van der Waals surface area (Å²) in [6.45, 7) is -0.563. The van der Waals surface area contributed by atoms with Crippen molar-refractivity contribution < 1.29 is 27.1 Å². The van der Waals surface area contributed by atoms with Crippen molar-refractivity contribution >= 4 is 33.7 Å². The number of nitrogens with one attached hydrogen (secondary N) is 1. The van der Waals surface area contributed by atoms with Gasteiger partial charge in [0, 0.05) is 11.8 Å². The fourth-order valence-electron chi connectivity index (χ4n) is 1.87. The molecule has 2 aromatic rings. The Kier molecular flexibility index (Phi) is 6.21. The molecule has 26 heavy (non-hydrogen) atoms. The van der Waals surface area contributed by atoms with Gasteiger partial charge in [0.1, 0.15) is 5.82 Å². The number of hydrogen-bond donors (Lipinski definition) is 2. The minimum Gasteiger partial charge on any atom is -0.452 e. The molecule has 0 spiro atoms. The third-order valence-electron chi connectivity index (χ3n) is 3.07. The van der Waals surface area contributed by atoms with Crippen LogP contribution in [0.2, 0.25) is 0 Å². The van der Waals surface area contributed by atoms with Crippen molar-refractivity contribution in [2.45, 2.75) is 4.90 Å². The van der Waals surface area contributed by atoms with Crippen LogP contribution >= 0.6 is 0 Å². The maximum Gasteiger partial charge on any atom is 0.331 e. The molecule has 9 heteroatoms. The second-order valence-electron chi connectivity index (χ2n) is 5.11. The molecule has 0 heterocycles. The first kappa shape index (κ1) is 19.3. The SMILES string of the molecule is NS(=O)(=O)c1cccc(NC(=O)COC(=O)/C=C/c2ccc(F)cc2)c1. The first-order chi connectivity index (χ1) is 12.2. The predicted molar refractivity (Wildman–Crippen MR) is 92.8 cm³/mol. The zero-order valence-electron chi connectivity index (χ0n) is 13.4. The Balaban J connectivity index is 1.86. The van der Waals surface area contributed by atoms with Gasteiger partial charge >= 0.3 is 5.97 Å². The summed E-state index contributed by atoms with van der Waals surface area (Å²) in [5, 5.41) is 7.39. The standard InChI is InChI=1S/C17H15FN2O5S/c18-13-7-4-12(5-8-13)6-9-17(22)25-11-16(21)20-14-2-1-3-15(10-14)26(19,23)24/h1-10H,11H2,(H,20,21)(H2,19,23,24)/b9-6+. The van der Waals surface area contributed by atoms with E-state index in [0.29, 0.717) is 5.56 Å². The fraction of sp³-hybridized carbons (Fsp3) is 0.0588.